The summed E-state index contributed by atoms with van der Waals surface area (Å²) in [6, 6.07) is 9.15. The van der Waals surface area contributed by atoms with Gasteiger partial charge in [0, 0.05) is 21.5 Å². The molecule has 4 N–H and O–H groups in total. The molecule has 0 unspecified atom stereocenters. The number of nitrogens with two attached hydrogens (primary N) is 1. The van der Waals surface area contributed by atoms with Gasteiger partial charge in [0.15, 0.2) is 5.82 Å². The molecule has 0 bridgehead atoms. The highest BCUT2D eigenvalue weighted by Gasteiger charge is 2.19. The van der Waals surface area contributed by atoms with Gasteiger partial charge in [0.05, 0.1) is 21.6 Å². The molecule has 12 heteroatoms. The van der Waals surface area contributed by atoms with E-state index in [9.17, 15) is 8.42 Å². The van der Waals surface area contributed by atoms with Gasteiger partial charge >= 0.3 is 0 Å². The first kappa shape index (κ1) is 20.5. The smallest absolute Gasteiger partial charge is 0.263 e. The van der Waals surface area contributed by atoms with Gasteiger partial charge < -0.3 is 10.5 Å². The number of nitrogen functional groups attached to an aromatic ring is 1. The Morgan fingerprint density at radius 2 is 1.90 bits per heavy atom. The van der Waals surface area contributed by atoms with Gasteiger partial charge in [0.25, 0.3) is 10.0 Å². The molecule has 8 nitrogen and oxygen atoms in total. The Labute approximate surface area is 185 Å². The van der Waals surface area contributed by atoms with Gasteiger partial charge in [-0.25, -0.2) is 13.4 Å². The molecule has 154 valence electrons. The van der Waals surface area contributed by atoms with Crippen LogP contribution >= 0.6 is 34.5 Å². The van der Waals surface area contributed by atoms with E-state index in [-0.39, 0.29) is 21.5 Å². The lowest BCUT2D eigenvalue weighted by Gasteiger charge is -2.13. The number of aromatic nitrogens is 3. The van der Waals surface area contributed by atoms with Crippen LogP contribution in [0.1, 0.15) is 0 Å². The minimum atomic E-state index is -3.84. The molecule has 0 amide bonds. The van der Waals surface area contributed by atoms with Gasteiger partial charge in [0.1, 0.15) is 17.3 Å². The Bertz CT molecular complexity index is 1310. The number of hydrogen-bond donors (Lipinski definition) is 3. The molecule has 0 aliphatic rings. The van der Waals surface area contributed by atoms with Crippen LogP contribution in [-0.4, -0.2) is 23.6 Å². The molecule has 0 atom stereocenters. The molecule has 0 radical (unpaired) electrons. The van der Waals surface area contributed by atoms with E-state index in [1.54, 1.807) is 29.8 Å². The number of anilines is 2. The topological polar surface area (TPSA) is 123 Å². The molecule has 0 aliphatic carbocycles. The van der Waals surface area contributed by atoms with Crippen LogP contribution in [0.2, 0.25) is 10.0 Å². The Morgan fingerprint density at radius 1 is 1.10 bits per heavy atom. The van der Waals surface area contributed by atoms with Crippen molar-refractivity contribution in [2.24, 2.45) is 0 Å². The minimum Gasteiger partial charge on any atom is -0.455 e. The Kier molecular flexibility index (Phi) is 5.56. The van der Waals surface area contributed by atoms with Gasteiger partial charge in [-0.2, -0.15) is 5.10 Å². The number of ether oxygens (including phenoxy) is 1. The first-order valence-electron chi connectivity index (χ1n) is 8.30. The number of nitrogens with zero attached hydrogens (tertiary/aromatic N) is 2. The molecular formula is C18H13Cl2N5O3S2. The number of benzene rings is 2. The molecule has 0 fully saturated rings. The van der Waals surface area contributed by atoms with Crippen LogP contribution in [0.25, 0.3) is 11.1 Å². The molecule has 0 spiro atoms. The fourth-order valence-electron chi connectivity index (χ4n) is 2.62. The van der Waals surface area contributed by atoms with E-state index in [2.05, 4.69) is 19.9 Å². The van der Waals surface area contributed by atoms with Crippen LogP contribution in [0.15, 0.2) is 58.4 Å². The number of hydrogen-bond acceptors (Lipinski definition) is 7. The summed E-state index contributed by atoms with van der Waals surface area (Å²) in [5.41, 5.74) is 8.65. The van der Waals surface area contributed by atoms with Gasteiger partial charge in [0.2, 0.25) is 0 Å². The Balaban J connectivity index is 1.65. The molecule has 4 aromatic rings. The van der Waals surface area contributed by atoms with Crippen LogP contribution in [-0.2, 0) is 10.0 Å². The monoisotopic (exact) mass is 481 g/mol. The molecule has 0 aliphatic heterocycles. The maximum absolute atomic E-state index is 12.5. The van der Waals surface area contributed by atoms with Crippen molar-refractivity contribution in [3.05, 3.63) is 63.5 Å². The normalized spacial score (nSPS) is 11.4. The third-order valence-electron chi connectivity index (χ3n) is 4.01. The maximum Gasteiger partial charge on any atom is 0.263 e. The maximum atomic E-state index is 12.5. The zero-order valence-electron chi connectivity index (χ0n) is 15.0. The Hall–Kier alpha value is -2.79. The highest BCUT2D eigenvalue weighted by Crippen LogP contribution is 2.39. The lowest BCUT2D eigenvalue weighted by Crippen LogP contribution is -2.13. The van der Waals surface area contributed by atoms with Crippen LogP contribution in [0.4, 0.5) is 11.6 Å². The van der Waals surface area contributed by atoms with Crippen molar-refractivity contribution in [3.63, 3.8) is 0 Å². The molecule has 2 aromatic carbocycles. The highest BCUT2D eigenvalue weighted by molar-refractivity contribution is 7.92. The summed E-state index contributed by atoms with van der Waals surface area (Å²) in [6.45, 7) is 0. The van der Waals surface area contributed by atoms with E-state index in [0.29, 0.717) is 27.7 Å². The number of sulfonamides is 1. The van der Waals surface area contributed by atoms with Gasteiger partial charge in [-0.05, 0) is 36.4 Å². The summed E-state index contributed by atoms with van der Waals surface area (Å²) in [5.74, 6) is 1.27. The third-order valence-corrected chi connectivity index (χ3v) is 6.47. The summed E-state index contributed by atoms with van der Waals surface area (Å²) in [5, 5.41) is 8.74. The van der Waals surface area contributed by atoms with Crippen LogP contribution in [0, 0.1) is 0 Å². The van der Waals surface area contributed by atoms with E-state index in [4.69, 9.17) is 33.7 Å². The van der Waals surface area contributed by atoms with Crippen molar-refractivity contribution in [2.75, 3.05) is 10.5 Å². The average Bonchev–Trinajstić information content (AvgIpc) is 3.35. The van der Waals surface area contributed by atoms with Gasteiger partial charge in [-0.3, -0.25) is 9.82 Å². The quantitative estimate of drug-likeness (QED) is 0.355. The summed E-state index contributed by atoms with van der Waals surface area (Å²) in [4.78, 5) is 3.89. The summed E-state index contributed by atoms with van der Waals surface area (Å²) in [6.07, 6.45) is 1.55. The number of rotatable bonds is 6. The number of nitrogens with one attached hydrogen (secondary N) is 2. The van der Waals surface area contributed by atoms with Crippen LogP contribution in [0.3, 0.4) is 0 Å². The van der Waals surface area contributed by atoms with E-state index < -0.39 is 10.0 Å². The van der Waals surface area contributed by atoms with Crippen LogP contribution in [0.5, 0.6) is 11.5 Å². The van der Waals surface area contributed by atoms with E-state index in [1.165, 1.54) is 35.0 Å². The van der Waals surface area contributed by atoms with Crippen molar-refractivity contribution in [1.29, 1.82) is 0 Å². The predicted molar refractivity (Wildman–Crippen MR) is 118 cm³/mol. The number of thiazole rings is 1. The lowest BCUT2D eigenvalue weighted by molar-refractivity contribution is 0.484. The summed E-state index contributed by atoms with van der Waals surface area (Å²) in [7, 11) is -3.84. The standard InChI is InChI=1S/C18H13Cl2N5O3S2/c19-10-1-3-15(12(5-10)13-7-23-24-18(13)21)28-16-4-2-11(6-14(16)20)30(26,27)25-17-8-29-9-22-17/h1-9,25H,(H3,21,23,24). The van der Waals surface area contributed by atoms with Crippen molar-refractivity contribution < 1.29 is 13.2 Å². The van der Waals surface area contributed by atoms with Gasteiger partial charge in [-0.15, -0.1) is 11.3 Å². The van der Waals surface area contributed by atoms with E-state index in [0.717, 1.165) is 0 Å². The van der Waals surface area contributed by atoms with Crippen molar-refractivity contribution in [3.8, 4) is 22.6 Å². The molecule has 2 heterocycles. The van der Waals surface area contributed by atoms with E-state index in [1.807, 2.05) is 0 Å². The first-order chi connectivity index (χ1) is 14.3. The fourth-order valence-corrected chi connectivity index (χ4v) is 4.66. The lowest BCUT2D eigenvalue weighted by atomic mass is 10.1. The predicted octanol–water partition coefficient (Wildman–Crippen LogP) is 5.02. The molecule has 30 heavy (non-hydrogen) atoms. The summed E-state index contributed by atoms with van der Waals surface area (Å²) >= 11 is 13.7. The SMILES string of the molecule is Nc1[nH]ncc1-c1cc(Cl)ccc1Oc1ccc(S(=O)(=O)Nc2cscn2)cc1Cl. The second-order valence-corrected chi connectivity index (χ2v) is 9.26. The largest absolute Gasteiger partial charge is 0.455 e. The molecule has 2 aromatic heterocycles. The zero-order chi connectivity index (χ0) is 21.3. The zero-order valence-corrected chi connectivity index (χ0v) is 18.1. The molecule has 4 rings (SSSR count). The first-order valence-corrected chi connectivity index (χ1v) is 11.5. The van der Waals surface area contributed by atoms with Crippen molar-refractivity contribution in [1.82, 2.24) is 15.2 Å². The number of halogens is 2. The minimum absolute atomic E-state index is 0.0248. The van der Waals surface area contributed by atoms with Crippen LogP contribution < -0.4 is 15.2 Å². The second kappa shape index (κ2) is 8.15. The average molecular weight is 482 g/mol. The van der Waals surface area contributed by atoms with Crippen molar-refractivity contribution in [2.45, 2.75) is 4.90 Å². The molecule has 0 saturated carbocycles. The second-order valence-electron chi connectivity index (χ2n) is 6.01. The molecule has 0 saturated heterocycles. The Morgan fingerprint density at radius 3 is 2.57 bits per heavy atom. The molecular weight excluding hydrogens is 469 g/mol. The van der Waals surface area contributed by atoms with Crippen molar-refractivity contribution >= 4 is 56.2 Å². The van der Waals surface area contributed by atoms with E-state index >= 15 is 0 Å². The highest BCUT2D eigenvalue weighted by atomic mass is 35.5. The fraction of sp³-hybridized carbons (Fsp3) is 0. The third kappa shape index (κ3) is 4.21. The summed E-state index contributed by atoms with van der Waals surface area (Å²) < 4.78 is 33.4. The number of aromatic amines is 1. The van der Waals surface area contributed by atoms with Gasteiger partial charge in [-0.1, -0.05) is 23.2 Å². The number of H-pyrrole nitrogens is 1.